The number of pyridine rings is 1. The molecule has 0 saturated heterocycles. The van der Waals surface area contributed by atoms with E-state index in [4.69, 9.17) is 0 Å². The Bertz CT molecular complexity index is 1280. The van der Waals surface area contributed by atoms with Gasteiger partial charge in [-0.3, -0.25) is 4.79 Å². The number of anilines is 1. The fourth-order valence-electron chi connectivity index (χ4n) is 2.96. The fraction of sp³-hybridized carbons (Fsp3) is 0.0952. The molecule has 7 nitrogen and oxygen atoms in total. The van der Waals surface area contributed by atoms with Crippen LogP contribution in [-0.2, 0) is 16.4 Å². The van der Waals surface area contributed by atoms with Gasteiger partial charge in [0.15, 0.2) is 15.5 Å². The SMILES string of the molecule is CS(=O)(=O)c1ccc(NC(=O)c2cnc3c(cnn3Cc3ccccc3)c2)cc1. The molecule has 0 aliphatic rings. The summed E-state index contributed by atoms with van der Waals surface area (Å²) in [6.45, 7) is 0.593. The van der Waals surface area contributed by atoms with E-state index in [9.17, 15) is 13.2 Å². The molecule has 0 bridgehead atoms. The number of aromatic nitrogens is 3. The molecule has 146 valence electrons. The zero-order chi connectivity index (χ0) is 20.4. The Balaban J connectivity index is 1.53. The minimum atomic E-state index is -3.28. The van der Waals surface area contributed by atoms with E-state index in [0.717, 1.165) is 17.2 Å². The summed E-state index contributed by atoms with van der Waals surface area (Å²) in [4.78, 5) is 17.1. The van der Waals surface area contributed by atoms with E-state index in [1.807, 2.05) is 30.3 Å². The van der Waals surface area contributed by atoms with E-state index in [-0.39, 0.29) is 10.8 Å². The van der Waals surface area contributed by atoms with Crippen LogP contribution in [0.1, 0.15) is 15.9 Å². The van der Waals surface area contributed by atoms with Gasteiger partial charge in [-0.15, -0.1) is 0 Å². The van der Waals surface area contributed by atoms with Crippen LogP contribution in [-0.4, -0.2) is 35.3 Å². The van der Waals surface area contributed by atoms with Crippen molar-refractivity contribution in [3.05, 3.63) is 84.2 Å². The van der Waals surface area contributed by atoms with Crippen LogP contribution in [0.2, 0.25) is 0 Å². The minimum Gasteiger partial charge on any atom is -0.322 e. The topological polar surface area (TPSA) is 93.9 Å². The number of sulfone groups is 1. The number of benzene rings is 2. The summed E-state index contributed by atoms with van der Waals surface area (Å²) in [7, 11) is -3.28. The van der Waals surface area contributed by atoms with Crippen LogP contribution in [0.5, 0.6) is 0 Å². The lowest BCUT2D eigenvalue weighted by Crippen LogP contribution is -2.12. The molecule has 2 aromatic heterocycles. The lowest BCUT2D eigenvalue weighted by Gasteiger charge is -2.07. The van der Waals surface area contributed by atoms with Crippen LogP contribution in [0, 0.1) is 0 Å². The molecule has 0 aliphatic carbocycles. The van der Waals surface area contributed by atoms with E-state index in [0.29, 0.717) is 23.4 Å². The third kappa shape index (κ3) is 4.17. The molecule has 0 spiro atoms. The summed E-state index contributed by atoms with van der Waals surface area (Å²) in [5.74, 6) is -0.331. The number of hydrogen-bond acceptors (Lipinski definition) is 5. The van der Waals surface area contributed by atoms with Crippen LogP contribution in [0.3, 0.4) is 0 Å². The predicted octanol–water partition coefficient (Wildman–Crippen LogP) is 3.14. The Labute approximate surface area is 167 Å². The molecule has 2 heterocycles. The van der Waals surface area contributed by atoms with E-state index < -0.39 is 9.84 Å². The first-order chi connectivity index (χ1) is 13.9. The summed E-state index contributed by atoms with van der Waals surface area (Å²) < 4.78 is 24.8. The normalized spacial score (nSPS) is 11.5. The Morgan fingerprint density at radius 2 is 1.76 bits per heavy atom. The minimum absolute atomic E-state index is 0.199. The van der Waals surface area contributed by atoms with Gasteiger partial charge in [-0.2, -0.15) is 5.10 Å². The fourth-order valence-corrected chi connectivity index (χ4v) is 3.59. The highest BCUT2D eigenvalue weighted by atomic mass is 32.2. The Morgan fingerprint density at radius 3 is 2.45 bits per heavy atom. The number of rotatable bonds is 5. The molecule has 8 heteroatoms. The van der Waals surface area contributed by atoms with Crippen molar-refractivity contribution in [3.8, 4) is 0 Å². The lowest BCUT2D eigenvalue weighted by atomic mass is 10.2. The number of amides is 1. The van der Waals surface area contributed by atoms with Crippen molar-refractivity contribution < 1.29 is 13.2 Å². The number of fused-ring (bicyclic) bond motifs is 1. The highest BCUT2D eigenvalue weighted by molar-refractivity contribution is 7.90. The number of nitrogens with zero attached hydrogens (tertiary/aromatic N) is 3. The predicted molar refractivity (Wildman–Crippen MR) is 111 cm³/mol. The van der Waals surface area contributed by atoms with Crippen LogP contribution < -0.4 is 5.32 Å². The smallest absolute Gasteiger partial charge is 0.257 e. The zero-order valence-corrected chi connectivity index (χ0v) is 16.4. The Kier molecular flexibility index (Phi) is 4.85. The van der Waals surface area contributed by atoms with E-state index in [1.165, 1.54) is 18.3 Å². The molecule has 0 aliphatic heterocycles. The second-order valence-corrected chi connectivity index (χ2v) is 8.69. The number of hydrogen-bond donors (Lipinski definition) is 1. The average Bonchev–Trinajstić information content (AvgIpc) is 3.10. The third-order valence-corrected chi connectivity index (χ3v) is 5.58. The van der Waals surface area contributed by atoms with Gasteiger partial charge < -0.3 is 5.32 Å². The van der Waals surface area contributed by atoms with Gasteiger partial charge in [-0.05, 0) is 35.9 Å². The van der Waals surface area contributed by atoms with Gasteiger partial charge in [-0.25, -0.2) is 18.1 Å². The van der Waals surface area contributed by atoms with Gasteiger partial charge in [0.2, 0.25) is 0 Å². The van der Waals surface area contributed by atoms with Gasteiger partial charge >= 0.3 is 0 Å². The van der Waals surface area contributed by atoms with Crippen molar-refractivity contribution in [1.82, 2.24) is 14.8 Å². The van der Waals surface area contributed by atoms with Crippen LogP contribution in [0.4, 0.5) is 5.69 Å². The van der Waals surface area contributed by atoms with E-state index >= 15 is 0 Å². The first-order valence-electron chi connectivity index (χ1n) is 8.87. The summed E-state index contributed by atoms with van der Waals surface area (Å²) in [6, 6.07) is 17.7. The molecule has 0 atom stereocenters. The molecule has 2 aromatic carbocycles. The number of nitrogens with one attached hydrogen (secondary N) is 1. The number of carbonyl (C=O) groups is 1. The molecule has 1 N–H and O–H groups in total. The third-order valence-electron chi connectivity index (χ3n) is 4.45. The molecule has 0 saturated carbocycles. The van der Waals surface area contributed by atoms with E-state index in [1.54, 1.807) is 29.1 Å². The molecule has 0 radical (unpaired) electrons. The molecule has 4 aromatic rings. The van der Waals surface area contributed by atoms with E-state index in [2.05, 4.69) is 15.4 Å². The molecule has 0 unspecified atom stereocenters. The van der Waals surface area contributed by atoms with Crippen LogP contribution in [0.25, 0.3) is 11.0 Å². The second kappa shape index (κ2) is 7.48. The van der Waals surface area contributed by atoms with Crippen molar-refractivity contribution >= 4 is 32.5 Å². The maximum Gasteiger partial charge on any atom is 0.257 e. The summed E-state index contributed by atoms with van der Waals surface area (Å²) >= 11 is 0. The molecule has 29 heavy (non-hydrogen) atoms. The highest BCUT2D eigenvalue weighted by Crippen LogP contribution is 2.17. The van der Waals surface area contributed by atoms with Crippen molar-refractivity contribution in [2.24, 2.45) is 0 Å². The molecular weight excluding hydrogens is 388 g/mol. The number of carbonyl (C=O) groups excluding carboxylic acids is 1. The molecule has 4 rings (SSSR count). The average molecular weight is 406 g/mol. The standard InChI is InChI=1S/C21H18N4O3S/c1-29(27,28)19-9-7-18(8-10-19)24-21(26)17-11-16-13-23-25(20(16)22-12-17)14-15-5-3-2-4-6-15/h2-13H,14H2,1H3,(H,24,26). The first kappa shape index (κ1) is 18.8. The Hall–Kier alpha value is -3.52. The van der Waals surface area contributed by atoms with Gasteiger partial charge in [-0.1, -0.05) is 30.3 Å². The lowest BCUT2D eigenvalue weighted by molar-refractivity contribution is 0.102. The summed E-state index contributed by atoms with van der Waals surface area (Å²) in [6.07, 6.45) is 4.33. The van der Waals surface area contributed by atoms with Crippen molar-refractivity contribution in [2.75, 3.05) is 11.6 Å². The second-order valence-electron chi connectivity index (χ2n) is 6.68. The van der Waals surface area contributed by atoms with Crippen LogP contribution >= 0.6 is 0 Å². The monoisotopic (exact) mass is 406 g/mol. The summed E-state index contributed by atoms with van der Waals surface area (Å²) in [5.41, 5.74) is 2.70. The van der Waals surface area contributed by atoms with Crippen molar-refractivity contribution in [2.45, 2.75) is 11.4 Å². The zero-order valence-electron chi connectivity index (χ0n) is 15.6. The Morgan fingerprint density at radius 1 is 1.03 bits per heavy atom. The maximum atomic E-state index is 12.5. The van der Waals surface area contributed by atoms with Crippen LogP contribution in [0.15, 0.2) is 78.0 Å². The largest absolute Gasteiger partial charge is 0.322 e. The quantitative estimate of drug-likeness (QED) is 0.550. The van der Waals surface area contributed by atoms with Gasteiger partial charge in [0.25, 0.3) is 5.91 Å². The first-order valence-corrected chi connectivity index (χ1v) is 10.8. The van der Waals surface area contributed by atoms with Gasteiger partial charge in [0, 0.05) is 23.5 Å². The highest BCUT2D eigenvalue weighted by Gasteiger charge is 2.12. The molecule has 0 fully saturated rings. The van der Waals surface area contributed by atoms with Crippen molar-refractivity contribution in [3.63, 3.8) is 0 Å². The summed E-state index contributed by atoms with van der Waals surface area (Å²) in [5, 5.41) is 7.89. The van der Waals surface area contributed by atoms with Gasteiger partial charge in [0.1, 0.15) is 0 Å². The van der Waals surface area contributed by atoms with Crippen molar-refractivity contribution in [1.29, 1.82) is 0 Å². The maximum absolute atomic E-state index is 12.5. The molecular formula is C21H18N4O3S. The molecule has 1 amide bonds. The van der Waals surface area contributed by atoms with Gasteiger partial charge in [0.05, 0.1) is 23.2 Å².